The van der Waals surface area contributed by atoms with Gasteiger partial charge in [0, 0.05) is 0 Å². The van der Waals surface area contributed by atoms with Gasteiger partial charge in [0.2, 0.25) is 0 Å². The molecule has 1 fully saturated rings. The maximum absolute atomic E-state index is 2.36. The molecule has 2 aromatic carbocycles. The van der Waals surface area contributed by atoms with Crippen molar-refractivity contribution in [2.45, 2.75) is 17.4 Å². The third-order valence-corrected chi connectivity index (χ3v) is 6.83. The van der Waals surface area contributed by atoms with E-state index >= 15 is 0 Å². The molecule has 2 heteroatoms. The molecule has 0 atom stereocenters. The monoisotopic (exact) mass is 286 g/mol. The zero-order chi connectivity index (χ0) is 13.1. The first kappa shape index (κ1) is 13.1. The van der Waals surface area contributed by atoms with Crippen LogP contribution in [0.25, 0.3) is 11.1 Å². The lowest BCUT2D eigenvalue weighted by atomic mass is 10.0. The fourth-order valence-corrected chi connectivity index (χ4v) is 5.38. The summed E-state index contributed by atoms with van der Waals surface area (Å²) in [5.41, 5.74) is 4.05. The smallest absolute Gasteiger partial charge is 0.0832 e. The van der Waals surface area contributed by atoms with Gasteiger partial charge in [0.15, 0.2) is 0 Å². The van der Waals surface area contributed by atoms with Gasteiger partial charge >= 0.3 is 0 Å². The van der Waals surface area contributed by atoms with E-state index in [1.807, 2.05) is 0 Å². The van der Waals surface area contributed by atoms with E-state index < -0.39 is 0 Å². The van der Waals surface area contributed by atoms with Crippen LogP contribution >= 0.6 is 23.5 Å². The van der Waals surface area contributed by atoms with Gasteiger partial charge in [-0.2, -0.15) is 0 Å². The van der Waals surface area contributed by atoms with Crippen LogP contribution in [0.3, 0.4) is 0 Å². The van der Waals surface area contributed by atoms with E-state index in [9.17, 15) is 0 Å². The van der Waals surface area contributed by atoms with Crippen LogP contribution in [0.2, 0.25) is 0 Å². The summed E-state index contributed by atoms with van der Waals surface area (Å²) in [4.78, 5) is 0. The highest BCUT2D eigenvalue weighted by atomic mass is 32.2. The second-order valence-corrected chi connectivity index (χ2v) is 8.22. The molecular formula is C17H18S2. The van der Waals surface area contributed by atoms with Gasteiger partial charge in [0.25, 0.3) is 0 Å². The number of hydrogen-bond donors (Lipinski definition) is 0. The quantitative estimate of drug-likeness (QED) is 0.725. The normalized spacial score (nSPS) is 18.2. The minimum atomic E-state index is 0.244. The van der Waals surface area contributed by atoms with Crippen molar-refractivity contribution in [2.24, 2.45) is 0 Å². The zero-order valence-corrected chi connectivity index (χ0v) is 12.8. The van der Waals surface area contributed by atoms with Crippen molar-refractivity contribution in [3.63, 3.8) is 0 Å². The maximum atomic E-state index is 2.36. The topological polar surface area (TPSA) is 0 Å². The summed E-state index contributed by atoms with van der Waals surface area (Å²) in [7, 11) is 0. The van der Waals surface area contributed by atoms with Gasteiger partial charge in [-0.25, -0.2) is 0 Å². The van der Waals surface area contributed by atoms with E-state index in [1.165, 1.54) is 34.6 Å². The molecule has 1 heterocycles. The fraction of sp³-hybridized carbons (Fsp3) is 0.294. The third-order valence-electron chi connectivity index (χ3n) is 3.56. The molecule has 0 radical (unpaired) electrons. The Bertz CT molecular complexity index is 525. The molecule has 1 aliphatic rings. The van der Waals surface area contributed by atoms with Crippen LogP contribution in [-0.4, -0.2) is 11.5 Å². The molecule has 0 unspecified atom stereocenters. The first-order chi connectivity index (χ1) is 9.28. The van der Waals surface area contributed by atoms with Gasteiger partial charge in [-0.05, 0) is 41.5 Å². The number of thioether (sulfide) groups is 2. The summed E-state index contributed by atoms with van der Waals surface area (Å²) in [5, 5.41) is 0. The van der Waals surface area contributed by atoms with Crippen LogP contribution in [0, 0.1) is 0 Å². The Labute approximate surface area is 124 Å². The van der Waals surface area contributed by atoms with Crippen LogP contribution in [0.5, 0.6) is 0 Å². The Balaban J connectivity index is 1.87. The van der Waals surface area contributed by atoms with Crippen LogP contribution < -0.4 is 0 Å². The van der Waals surface area contributed by atoms with Gasteiger partial charge in [-0.15, -0.1) is 23.5 Å². The molecule has 0 aliphatic carbocycles. The molecule has 0 saturated carbocycles. The second-order valence-electron chi connectivity index (χ2n) is 4.94. The van der Waals surface area contributed by atoms with Gasteiger partial charge in [-0.3, -0.25) is 0 Å². The molecule has 0 bridgehead atoms. The molecule has 1 aliphatic heterocycles. The fourth-order valence-electron chi connectivity index (χ4n) is 2.40. The zero-order valence-electron chi connectivity index (χ0n) is 11.1. The lowest BCUT2D eigenvalue weighted by Crippen LogP contribution is -2.18. The first-order valence-corrected chi connectivity index (χ1v) is 8.69. The summed E-state index contributed by atoms with van der Waals surface area (Å²) < 4.78 is 0.244. The molecule has 2 aromatic rings. The predicted octanol–water partition coefficient (Wildman–Crippen LogP) is 5.40. The van der Waals surface area contributed by atoms with E-state index in [0.29, 0.717) is 0 Å². The highest BCUT2D eigenvalue weighted by Gasteiger charge is 2.30. The molecule has 3 rings (SSSR count). The number of hydrogen-bond acceptors (Lipinski definition) is 2. The number of benzene rings is 2. The van der Waals surface area contributed by atoms with Crippen LogP contribution in [0.4, 0.5) is 0 Å². The highest BCUT2D eigenvalue weighted by Crippen LogP contribution is 2.49. The van der Waals surface area contributed by atoms with Crippen LogP contribution in [0.15, 0.2) is 54.6 Å². The summed E-state index contributed by atoms with van der Waals surface area (Å²) in [6.45, 7) is 2.36. The standard InChI is InChI=1S/C17H18S2/c1-17(18-12-5-13-19-17)16-10-8-15(9-11-16)14-6-3-2-4-7-14/h2-4,6-11H,5,12-13H2,1H3. The summed E-state index contributed by atoms with van der Waals surface area (Å²) in [6, 6.07) is 19.7. The van der Waals surface area contributed by atoms with E-state index in [4.69, 9.17) is 0 Å². The number of rotatable bonds is 2. The Hall–Kier alpha value is -0.860. The van der Waals surface area contributed by atoms with Crippen molar-refractivity contribution < 1.29 is 0 Å². The Kier molecular flexibility index (Phi) is 3.90. The predicted molar refractivity (Wildman–Crippen MR) is 88.8 cm³/mol. The van der Waals surface area contributed by atoms with E-state index in [0.717, 1.165) is 0 Å². The largest absolute Gasteiger partial charge is 0.140 e. The average molecular weight is 286 g/mol. The molecule has 0 amide bonds. The van der Waals surface area contributed by atoms with Gasteiger partial charge in [-0.1, -0.05) is 54.6 Å². The van der Waals surface area contributed by atoms with Gasteiger partial charge in [0.1, 0.15) is 0 Å². The van der Waals surface area contributed by atoms with E-state index in [1.54, 1.807) is 0 Å². The Morgan fingerprint density at radius 2 is 1.37 bits per heavy atom. The van der Waals surface area contributed by atoms with Gasteiger partial charge in [0.05, 0.1) is 4.08 Å². The molecule has 0 spiro atoms. The molecule has 0 nitrogen and oxygen atoms in total. The van der Waals surface area contributed by atoms with Crippen molar-refractivity contribution in [3.8, 4) is 11.1 Å². The lowest BCUT2D eigenvalue weighted by molar-refractivity contribution is 0.963. The summed E-state index contributed by atoms with van der Waals surface area (Å²) in [6.07, 6.45) is 1.34. The molecule has 98 valence electrons. The van der Waals surface area contributed by atoms with E-state index in [-0.39, 0.29) is 4.08 Å². The summed E-state index contributed by atoms with van der Waals surface area (Å²) >= 11 is 4.17. The van der Waals surface area contributed by atoms with Crippen molar-refractivity contribution in [1.29, 1.82) is 0 Å². The van der Waals surface area contributed by atoms with Crippen LogP contribution in [0.1, 0.15) is 18.9 Å². The minimum absolute atomic E-state index is 0.244. The average Bonchev–Trinajstić information content (AvgIpc) is 2.49. The summed E-state index contributed by atoms with van der Waals surface area (Å²) in [5.74, 6) is 2.56. The Morgan fingerprint density at radius 3 is 2.00 bits per heavy atom. The van der Waals surface area contributed by atoms with Crippen molar-refractivity contribution in [1.82, 2.24) is 0 Å². The van der Waals surface area contributed by atoms with Crippen molar-refractivity contribution in [3.05, 3.63) is 60.2 Å². The molecule has 1 saturated heterocycles. The maximum Gasteiger partial charge on any atom is 0.0832 e. The lowest BCUT2D eigenvalue weighted by Gasteiger charge is -2.32. The molecular weight excluding hydrogens is 268 g/mol. The van der Waals surface area contributed by atoms with Crippen LogP contribution in [-0.2, 0) is 4.08 Å². The van der Waals surface area contributed by atoms with Gasteiger partial charge < -0.3 is 0 Å². The SMILES string of the molecule is CC1(c2ccc(-c3ccccc3)cc2)SCCCS1. The molecule has 19 heavy (non-hydrogen) atoms. The molecule has 0 N–H and O–H groups in total. The van der Waals surface area contributed by atoms with E-state index in [2.05, 4.69) is 85.0 Å². The van der Waals surface area contributed by atoms with Crippen molar-refractivity contribution >= 4 is 23.5 Å². The Morgan fingerprint density at radius 1 is 0.789 bits per heavy atom. The first-order valence-electron chi connectivity index (χ1n) is 6.72. The third kappa shape index (κ3) is 2.85. The van der Waals surface area contributed by atoms with Crippen molar-refractivity contribution in [2.75, 3.05) is 11.5 Å². The minimum Gasteiger partial charge on any atom is -0.140 e. The second kappa shape index (κ2) is 5.64. The molecule has 0 aromatic heterocycles. The highest BCUT2D eigenvalue weighted by molar-refractivity contribution is 8.18.